The van der Waals surface area contributed by atoms with Crippen LogP contribution in [0.2, 0.25) is 0 Å². The number of hydrogen-bond donors (Lipinski definition) is 1. The molecule has 1 rings (SSSR count). The second-order valence-corrected chi connectivity index (χ2v) is 3.92. The highest BCUT2D eigenvalue weighted by molar-refractivity contribution is 5.72. The smallest absolute Gasteiger partial charge is 0.308 e. The van der Waals surface area contributed by atoms with Crippen molar-refractivity contribution in [3.63, 3.8) is 0 Å². The van der Waals surface area contributed by atoms with Crippen LogP contribution in [0.5, 0.6) is 0 Å². The molecular formula is C10H19NO2. The molecule has 0 amide bonds. The zero-order valence-electron chi connectivity index (χ0n) is 8.49. The number of hydrogen-bond acceptors (Lipinski definition) is 2. The molecule has 3 nitrogen and oxygen atoms in total. The average molecular weight is 185 g/mol. The number of aliphatic carboxylic acids is 1. The van der Waals surface area contributed by atoms with Crippen LogP contribution in [0.4, 0.5) is 0 Å². The molecule has 0 spiro atoms. The van der Waals surface area contributed by atoms with E-state index in [0.717, 1.165) is 19.4 Å². The van der Waals surface area contributed by atoms with Gasteiger partial charge in [-0.25, -0.2) is 0 Å². The van der Waals surface area contributed by atoms with Crippen LogP contribution in [0.25, 0.3) is 0 Å². The standard InChI is InChI=1S/C10H19NO2/c1-3-4-7-11(2)9-6-5-8(9)10(12)13/h8-9H,3-7H2,1-2H3,(H,12,13). The van der Waals surface area contributed by atoms with Crippen molar-refractivity contribution in [3.05, 3.63) is 0 Å². The van der Waals surface area contributed by atoms with Crippen molar-refractivity contribution < 1.29 is 9.90 Å². The number of rotatable bonds is 5. The minimum absolute atomic E-state index is 0.109. The molecule has 0 saturated heterocycles. The van der Waals surface area contributed by atoms with Crippen molar-refractivity contribution in [2.45, 2.75) is 38.6 Å². The summed E-state index contributed by atoms with van der Waals surface area (Å²) in [5.74, 6) is -0.735. The van der Waals surface area contributed by atoms with Gasteiger partial charge in [0.1, 0.15) is 0 Å². The molecule has 0 aromatic carbocycles. The molecule has 0 aliphatic heterocycles. The molecule has 2 atom stereocenters. The lowest BCUT2D eigenvalue weighted by atomic mass is 9.78. The summed E-state index contributed by atoms with van der Waals surface area (Å²) in [6, 6.07) is 0.295. The van der Waals surface area contributed by atoms with Crippen LogP contribution in [0, 0.1) is 5.92 Å². The molecule has 0 bridgehead atoms. The minimum atomic E-state index is -0.625. The molecule has 76 valence electrons. The van der Waals surface area contributed by atoms with Crippen LogP contribution in [0.15, 0.2) is 0 Å². The average Bonchev–Trinajstić information content (AvgIpc) is 1.97. The van der Waals surface area contributed by atoms with E-state index >= 15 is 0 Å². The summed E-state index contributed by atoms with van der Waals surface area (Å²) in [6.45, 7) is 3.19. The van der Waals surface area contributed by atoms with Crippen molar-refractivity contribution >= 4 is 5.97 Å². The lowest BCUT2D eigenvalue weighted by Crippen LogP contribution is -2.48. The maximum atomic E-state index is 10.7. The fourth-order valence-electron chi connectivity index (χ4n) is 1.87. The SMILES string of the molecule is CCCCN(C)C1CCC1C(=O)O. The van der Waals surface area contributed by atoms with Crippen LogP contribution < -0.4 is 0 Å². The van der Waals surface area contributed by atoms with Crippen molar-refractivity contribution in [2.75, 3.05) is 13.6 Å². The first-order valence-electron chi connectivity index (χ1n) is 5.09. The molecule has 0 aromatic heterocycles. The summed E-state index contributed by atoms with van der Waals surface area (Å²) in [5, 5.41) is 8.85. The molecule has 3 heteroatoms. The first-order chi connectivity index (χ1) is 6.16. The first kappa shape index (κ1) is 10.5. The summed E-state index contributed by atoms with van der Waals surface area (Å²) in [6.07, 6.45) is 4.25. The second-order valence-electron chi connectivity index (χ2n) is 3.92. The number of carbonyl (C=O) groups is 1. The van der Waals surface area contributed by atoms with Gasteiger partial charge < -0.3 is 10.0 Å². The second kappa shape index (κ2) is 4.61. The molecule has 0 radical (unpaired) electrons. The van der Waals surface area contributed by atoms with Gasteiger partial charge in [-0.2, -0.15) is 0 Å². The zero-order chi connectivity index (χ0) is 9.84. The van der Waals surface area contributed by atoms with Gasteiger partial charge in [0, 0.05) is 6.04 Å². The summed E-state index contributed by atoms with van der Waals surface area (Å²) >= 11 is 0. The predicted molar refractivity (Wildman–Crippen MR) is 51.7 cm³/mol. The first-order valence-corrected chi connectivity index (χ1v) is 5.09. The topological polar surface area (TPSA) is 40.5 Å². The monoisotopic (exact) mass is 185 g/mol. The highest BCUT2D eigenvalue weighted by atomic mass is 16.4. The van der Waals surface area contributed by atoms with E-state index in [1.807, 2.05) is 7.05 Å². The van der Waals surface area contributed by atoms with Crippen molar-refractivity contribution in [2.24, 2.45) is 5.92 Å². The Balaban J connectivity index is 2.30. The number of carboxylic acids is 1. The van der Waals surface area contributed by atoms with E-state index in [-0.39, 0.29) is 5.92 Å². The predicted octanol–water partition coefficient (Wildman–Crippen LogP) is 1.58. The normalized spacial score (nSPS) is 27.3. The van der Waals surface area contributed by atoms with Gasteiger partial charge in [0.25, 0.3) is 0 Å². The van der Waals surface area contributed by atoms with Crippen LogP contribution in [0.1, 0.15) is 32.6 Å². The Morgan fingerprint density at radius 2 is 2.23 bits per heavy atom. The van der Waals surface area contributed by atoms with E-state index < -0.39 is 5.97 Å². The Morgan fingerprint density at radius 1 is 1.54 bits per heavy atom. The van der Waals surface area contributed by atoms with Gasteiger partial charge in [0.15, 0.2) is 0 Å². The summed E-state index contributed by atoms with van der Waals surface area (Å²) in [4.78, 5) is 12.9. The molecule has 1 saturated carbocycles. The lowest BCUT2D eigenvalue weighted by molar-refractivity contribution is -0.148. The van der Waals surface area contributed by atoms with E-state index in [1.165, 1.54) is 12.8 Å². The van der Waals surface area contributed by atoms with Gasteiger partial charge in [-0.3, -0.25) is 4.79 Å². The largest absolute Gasteiger partial charge is 0.481 e. The lowest BCUT2D eigenvalue weighted by Gasteiger charge is -2.40. The van der Waals surface area contributed by atoms with Gasteiger partial charge >= 0.3 is 5.97 Å². The summed E-state index contributed by atoms with van der Waals surface area (Å²) in [5.41, 5.74) is 0. The fourth-order valence-corrected chi connectivity index (χ4v) is 1.87. The third-order valence-corrected chi connectivity index (χ3v) is 2.99. The fraction of sp³-hybridized carbons (Fsp3) is 0.900. The van der Waals surface area contributed by atoms with Crippen LogP contribution in [-0.2, 0) is 4.79 Å². The Kier molecular flexibility index (Phi) is 3.72. The van der Waals surface area contributed by atoms with Crippen LogP contribution in [-0.4, -0.2) is 35.6 Å². The maximum absolute atomic E-state index is 10.7. The van der Waals surface area contributed by atoms with E-state index in [0.29, 0.717) is 6.04 Å². The third kappa shape index (κ3) is 2.44. The molecule has 1 aliphatic rings. The molecule has 13 heavy (non-hydrogen) atoms. The number of nitrogens with zero attached hydrogens (tertiary/aromatic N) is 1. The zero-order valence-corrected chi connectivity index (χ0v) is 8.49. The molecule has 1 aliphatic carbocycles. The number of unbranched alkanes of at least 4 members (excludes halogenated alkanes) is 1. The van der Waals surface area contributed by atoms with Gasteiger partial charge in [-0.1, -0.05) is 13.3 Å². The Labute approximate surface area is 79.7 Å². The summed E-state index contributed by atoms with van der Waals surface area (Å²) in [7, 11) is 2.04. The highest BCUT2D eigenvalue weighted by Crippen LogP contribution is 2.31. The van der Waals surface area contributed by atoms with E-state index in [2.05, 4.69) is 11.8 Å². The molecule has 0 aromatic rings. The molecule has 1 fully saturated rings. The van der Waals surface area contributed by atoms with Gasteiger partial charge in [0.05, 0.1) is 5.92 Å². The van der Waals surface area contributed by atoms with Gasteiger partial charge in [-0.05, 0) is 32.9 Å². The van der Waals surface area contributed by atoms with Crippen molar-refractivity contribution in [1.82, 2.24) is 4.90 Å². The minimum Gasteiger partial charge on any atom is -0.481 e. The maximum Gasteiger partial charge on any atom is 0.308 e. The van der Waals surface area contributed by atoms with Crippen molar-refractivity contribution in [3.8, 4) is 0 Å². The Bertz CT molecular complexity index is 182. The van der Waals surface area contributed by atoms with E-state index in [4.69, 9.17) is 5.11 Å². The van der Waals surface area contributed by atoms with E-state index in [1.54, 1.807) is 0 Å². The summed E-state index contributed by atoms with van der Waals surface area (Å²) < 4.78 is 0. The Morgan fingerprint density at radius 3 is 2.62 bits per heavy atom. The highest BCUT2D eigenvalue weighted by Gasteiger charge is 2.38. The number of carboxylic acid groups (broad SMARTS) is 1. The third-order valence-electron chi connectivity index (χ3n) is 2.99. The van der Waals surface area contributed by atoms with Crippen molar-refractivity contribution in [1.29, 1.82) is 0 Å². The molecule has 0 heterocycles. The van der Waals surface area contributed by atoms with E-state index in [9.17, 15) is 4.79 Å². The van der Waals surface area contributed by atoms with Crippen LogP contribution in [0.3, 0.4) is 0 Å². The molecule has 2 unspecified atom stereocenters. The van der Waals surface area contributed by atoms with Crippen LogP contribution >= 0.6 is 0 Å². The van der Waals surface area contributed by atoms with Gasteiger partial charge in [-0.15, -0.1) is 0 Å². The van der Waals surface area contributed by atoms with Gasteiger partial charge in [0.2, 0.25) is 0 Å². The molecule has 1 N–H and O–H groups in total. The molecular weight excluding hydrogens is 166 g/mol. The Hall–Kier alpha value is -0.570. The quantitative estimate of drug-likeness (QED) is 0.707.